The Balaban J connectivity index is 1.62. The van der Waals surface area contributed by atoms with Crippen LogP contribution >= 0.6 is 0 Å². The molecule has 2 aromatic carbocycles. The van der Waals surface area contributed by atoms with Gasteiger partial charge in [-0.05, 0) is 29.7 Å². The molecule has 2 N–H and O–H groups in total. The first-order valence-electron chi connectivity index (χ1n) is 10.6. The Morgan fingerprint density at radius 2 is 1.72 bits per heavy atom. The molecule has 0 spiro atoms. The molecule has 2 heterocycles. The van der Waals surface area contributed by atoms with E-state index in [0.717, 1.165) is 10.8 Å². The molecular weight excluding hydrogens is 410 g/mol. The second-order valence-corrected chi connectivity index (χ2v) is 8.17. The van der Waals surface area contributed by atoms with Gasteiger partial charge in [0.2, 0.25) is 11.8 Å². The highest BCUT2D eigenvalue weighted by Gasteiger charge is 2.44. The van der Waals surface area contributed by atoms with Crippen LogP contribution in [0.1, 0.15) is 30.1 Å². The fourth-order valence-electron chi connectivity index (χ4n) is 4.49. The molecule has 0 aliphatic carbocycles. The number of hydrogen-bond acceptors (Lipinski definition) is 4. The lowest BCUT2D eigenvalue weighted by Gasteiger charge is -2.46. The van der Waals surface area contributed by atoms with Crippen molar-refractivity contribution in [1.29, 1.82) is 0 Å². The SMILES string of the molecule is CC(=O)N1C[C@@H]2CC=CC[C@H](NC(=O)c3cccc4ccccc34)C(=O)N2[C@H](C(=O)O)C1. The van der Waals surface area contributed by atoms with E-state index in [1.165, 1.54) is 16.7 Å². The fourth-order valence-corrected chi connectivity index (χ4v) is 4.49. The van der Waals surface area contributed by atoms with Crippen molar-refractivity contribution in [2.45, 2.75) is 37.9 Å². The number of nitrogens with one attached hydrogen (secondary N) is 1. The third-order valence-corrected chi connectivity index (χ3v) is 6.12. The first-order chi connectivity index (χ1) is 15.4. The standard InChI is InChI=1S/C24H25N3O5/c1-15(28)26-13-17-9-3-5-12-20(23(30)27(17)21(14-26)24(31)32)25-22(29)19-11-6-8-16-7-2-4-10-18(16)19/h2-8,10-11,17,20-21H,9,12-14H2,1H3,(H,25,29)(H,31,32)/t17-,20-,21-/m0/s1. The monoisotopic (exact) mass is 435 g/mol. The number of carbonyl (C=O) groups excluding carboxylic acids is 3. The quantitative estimate of drug-likeness (QED) is 0.715. The molecule has 8 heteroatoms. The minimum atomic E-state index is -1.17. The lowest BCUT2D eigenvalue weighted by atomic mass is 9.97. The van der Waals surface area contributed by atoms with Crippen molar-refractivity contribution in [3.8, 4) is 0 Å². The number of fused-ring (bicyclic) bond motifs is 2. The van der Waals surface area contributed by atoms with Gasteiger partial charge in [0, 0.05) is 19.0 Å². The van der Waals surface area contributed by atoms with E-state index in [1.807, 2.05) is 42.5 Å². The van der Waals surface area contributed by atoms with Crippen molar-refractivity contribution in [1.82, 2.24) is 15.1 Å². The number of aliphatic carboxylic acids is 1. The van der Waals surface area contributed by atoms with E-state index in [4.69, 9.17) is 0 Å². The zero-order chi connectivity index (χ0) is 22.8. The molecule has 0 radical (unpaired) electrons. The van der Waals surface area contributed by atoms with Crippen LogP contribution in [0.25, 0.3) is 10.8 Å². The molecule has 0 unspecified atom stereocenters. The molecule has 32 heavy (non-hydrogen) atoms. The number of carboxylic acid groups (broad SMARTS) is 1. The number of hydrogen-bond donors (Lipinski definition) is 2. The Labute approximate surface area is 185 Å². The molecule has 0 bridgehead atoms. The summed E-state index contributed by atoms with van der Waals surface area (Å²) in [6.45, 7) is 1.59. The summed E-state index contributed by atoms with van der Waals surface area (Å²) < 4.78 is 0. The number of benzene rings is 2. The summed E-state index contributed by atoms with van der Waals surface area (Å²) in [6.07, 6.45) is 4.42. The molecule has 1 saturated heterocycles. The molecule has 1 fully saturated rings. The van der Waals surface area contributed by atoms with Crippen LogP contribution in [0.3, 0.4) is 0 Å². The Bertz CT molecular complexity index is 1110. The first kappa shape index (κ1) is 21.5. The van der Waals surface area contributed by atoms with Gasteiger partial charge in [-0.1, -0.05) is 48.6 Å². The zero-order valence-corrected chi connectivity index (χ0v) is 17.7. The van der Waals surface area contributed by atoms with Gasteiger partial charge >= 0.3 is 5.97 Å². The van der Waals surface area contributed by atoms with Gasteiger partial charge in [-0.3, -0.25) is 14.4 Å². The van der Waals surface area contributed by atoms with Crippen LogP contribution in [0.15, 0.2) is 54.6 Å². The molecular formula is C24H25N3O5. The van der Waals surface area contributed by atoms with Crippen molar-refractivity contribution in [3.05, 3.63) is 60.2 Å². The fraction of sp³-hybridized carbons (Fsp3) is 0.333. The van der Waals surface area contributed by atoms with Crippen LogP contribution in [-0.4, -0.2) is 69.8 Å². The second kappa shape index (κ2) is 8.82. The van der Waals surface area contributed by atoms with Crippen molar-refractivity contribution in [2.75, 3.05) is 13.1 Å². The van der Waals surface area contributed by atoms with Gasteiger partial charge in [0.25, 0.3) is 5.91 Å². The Hall–Kier alpha value is -3.68. The van der Waals surface area contributed by atoms with E-state index in [-0.39, 0.29) is 31.3 Å². The predicted octanol–water partition coefficient (Wildman–Crippen LogP) is 1.80. The Kier molecular flexibility index (Phi) is 5.94. The molecule has 2 aromatic rings. The minimum absolute atomic E-state index is 0.0688. The summed E-state index contributed by atoms with van der Waals surface area (Å²) in [4.78, 5) is 53.3. The minimum Gasteiger partial charge on any atom is -0.480 e. The average molecular weight is 435 g/mol. The highest BCUT2D eigenvalue weighted by atomic mass is 16.4. The number of rotatable bonds is 3. The van der Waals surface area contributed by atoms with Gasteiger partial charge in [-0.2, -0.15) is 0 Å². The zero-order valence-electron chi connectivity index (χ0n) is 17.7. The average Bonchev–Trinajstić information content (AvgIpc) is 2.78. The number of piperazine rings is 1. The van der Waals surface area contributed by atoms with E-state index in [9.17, 15) is 24.3 Å². The molecule has 2 aliphatic rings. The van der Waals surface area contributed by atoms with E-state index in [1.54, 1.807) is 12.1 Å². The van der Waals surface area contributed by atoms with Crippen LogP contribution in [0.5, 0.6) is 0 Å². The summed E-state index contributed by atoms with van der Waals surface area (Å²) in [7, 11) is 0. The van der Waals surface area contributed by atoms with Crippen molar-refractivity contribution >= 4 is 34.5 Å². The predicted molar refractivity (Wildman–Crippen MR) is 118 cm³/mol. The van der Waals surface area contributed by atoms with Crippen LogP contribution in [0.2, 0.25) is 0 Å². The first-order valence-corrected chi connectivity index (χ1v) is 10.6. The number of amides is 3. The molecule has 2 aliphatic heterocycles. The van der Waals surface area contributed by atoms with Crippen LogP contribution in [0.4, 0.5) is 0 Å². The number of carboxylic acids is 1. The maximum absolute atomic E-state index is 13.5. The highest BCUT2D eigenvalue weighted by Crippen LogP contribution is 2.24. The van der Waals surface area contributed by atoms with E-state index >= 15 is 0 Å². The number of carbonyl (C=O) groups is 4. The summed E-state index contributed by atoms with van der Waals surface area (Å²) in [5.74, 6) is -2.23. The molecule has 3 amide bonds. The number of nitrogens with zero attached hydrogens (tertiary/aromatic N) is 2. The molecule has 3 atom stereocenters. The summed E-state index contributed by atoms with van der Waals surface area (Å²) in [5.41, 5.74) is 0.453. The Morgan fingerprint density at radius 3 is 2.47 bits per heavy atom. The maximum Gasteiger partial charge on any atom is 0.328 e. The van der Waals surface area contributed by atoms with Gasteiger partial charge in [0.05, 0.1) is 12.6 Å². The van der Waals surface area contributed by atoms with Crippen LogP contribution < -0.4 is 5.32 Å². The van der Waals surface area contributed by atoms with Crippen molar-refractivity contribution < 1.29 is 24.3 Å². The van der Waals surface area contributed by atoms with E-state index in [0.29, 0.717) is 12.0 Å². The Morgan fingerprint density at radius 1 is 1.00 bits per heavy atom. The summed E-state index contributed by atoms with van der Waals surface area (Å²) in [6, 6.07) is 10.4. The highest BCUT2D eigenvalue weighted by molar-refractivity contribution is 6.08. The van der Waals surface area contributed by atoms with Crippen molar-refractivity contribution in [3.63, 3.8) is 0 Å². The largest absolute Gasteiger partial charge is 0.480 e. The molecule has 0 saturated carbocycles. The molecule has 4 rings (SSSR count). The third-order valence-electron chi connectivity index (χ3n) is 6.12. The topological polar surface area (TPSA) is 107 Å². The second-order valence-electron chi connectivity index (χ2n) is 8.17. The normalized spacial score (nSPS) is 23.3. The maximum atomic E-state index is 13.5. The van der Waals surface area contributed by atoms with E-state index < -0.39 is 30.0 Å². The van der Waals surface area contributed by atoms with Gasteiger partial charge in [0.15, 0.2) is 0 Å². The molecule has 8 nitrogen and oxygen atoms in total. The lowest BCUT2D eigenvalue weighted by Crippen LogP contribution is -2.66. The molecule has 166 valence electrons. The van der Waals surface area contributed by atoms with Crippen LogP contribution in [-0.2, 0) is 14.4 Å². The van der Waals surface area contributed by atoms with Gasteiger partial charge in [-0.15, -0.1) is 0 Å². The van der Waals surface area contributed by atoms with Gasteiger partial charge in [0.1, 0.15) is 12.1 Å². The van der Waals surface area contributed by atoms with E-state index in [2.05, 4.69) is 5.32 Å². The van der Waals surface area contributed by atoms with Crippen LogP contribution in [0, 0.1) is 0 Å². The van der Waals surface area contributed by atoms with Crippen molar-refractivity contribution in [2.24, 2.45) is 0 Å². The van der Waals surface area contributed by atoms with Gasteiger partial charge in [-0.25, -0.2) is 4.79 Å². The van der Waals surface area contributed by atoms with Gasteiger partial charge < -0.3 is 20.2 Å². The smallest absolute Gasteiger partial charge is 0.328 e. The molecule has 0 aromatic heterocycles. The summed E-state index contributed by atoms with van der Waals surface area (Å²) >= 11 is 0. The lowest BCUT2D eigenvalue weighted by molar-refractivity contribution is -0.160. The third kappa shape index (κ3) is 4.08. The summed E-state index contributed by atoms with van der Waals surface area (Å²) in [5, 5.41) is 14.3.